The van der Waals surface area contributed by atoms with Crippen molar-refractivity contribution in [1.29, 1.82) is 0 Å². The van der Waals surface area contributed by atoms with Crippen LogP contribution in [0, 0.1) is 0 Å². The minimum Gasteiger partial charge on any atom is -0.481 e. The molecule has 1 atom stereocenters. The highest BCUT2D eigenvalue weighted by molar-refractivity contribution is 7.80. The molecule has 3 N–H and O–H groups in total. The topological polar surface area (TPSA) is 80.4 Å². The molecular weight excluding hydrogens is 154 g/mol. The molecule has 0 aliphatic rings. The predicted molar refractivity (Wildman–Crippen MR) is 39.1 cm³/mol. The van der Waals surface area contributed by atoms with Gasteiger partial charge in [0.1, 0.15) is 6.42 Å². The maximum absolute atomic E-state index is 10.6. The van der Waals surface area contributed by atoms with Gasteiger partial charge in [0.15, 0.2) is 5.78 Å². The van der Waals surface area contributed by atoms with E-state index in [9.17, 15) is 9.59 Å². The van der Waals surface area contributed by atoms with Crippen molar-refractivity contribution < 1.29 is 14.7 Å². The zero-order valence-electron chi connectivity index (χ0n) is 5.28. The number of rotatable bonds is 4. The normalized spacial score (nSPS) is 12.6. The fourth-order valence-corrected chi connectivity index (χ4v) is 0.586. The van der Waals surface area contributed by atoms with Crippen molar-refractivity contribution >= 4 is 24.4 Å². The Balaban J connectivity index is 3.73. The number of ketones is 1. The van der Waals surface area contributed by atoms with Crippen LogP contribution in [0.4, 0.5) is 0 Å². The van der Waals surface area contributed by atoms with E-state index in [-0.39, 0.29) is 5.75 Å². The van der Waals surface area contributed by atoms with Crippen LogP contribution < -0.4 is 5.73 Å². The van der Waals surface area contributed by atoms with Crippen LogP contribution in [0.3, 0.4) is 0 Å². The highest BCUT2D eigenvalue weighted by atomic mass is 32.1. The van der Waals surface area contributed by atoms with Gasteiger partial charge in [-0.3, -0.25) is 9.59 Å². The zero-order chi connectivity index (χ0) is 8.15. The van der Waals surface area contributed by atoms with E-state index in [0.717, 1.165) is 0 Å². The Kier molecular flexibility index (Phi) is 4.06. The van der Waals surface area contributed by atoms with Crippen LogP contribution >= 0.6 is 12.6 Å². The molecule has 0 amide bonds. The molecule has 0 rings (SSSR count). The van der Waals surface area contributed by atoms with Crippen LogP contribution in [0.15, 0.2) is 0 Å². The van der Waals surface area contributed by atoms with Crippen molar-refractivity contribution in [3.05, 3.63) is 0 Å². The molecule has 0 spiro atoms. The third-order valence-corrected chi connectivity index (χ3v) is 1.33. The van der Waals surface area contributed by atoms with E-state index < -0.39 is 24.2 Å². The molecule has 0 saturated carbocycles. The number of carboxylic acids is 1. The monoisotopic (exact) mass is 163 g/mol. The van der Waals surface area contributed by atoms with Crippen molar-refractivity contribution in [3.63, 3.8) is 0 Å². The van der Waals surface area contributed by atoms with E-state index >= 15 is 0 Å². The number of carbonyl (C=O) groups excluding carboxylic acids is 1. The third-order valence-electron chi connectivity index (χ3n) is 0.936. The van der Waals surface area contributed by atoms with Gasteiger partial charge in [0.05, 0.1) is 6.04 Å². The van der Waals surface area contributed by atoms with Crippen molar-refractivity contribution in [3.8, 4) is 0 Å². The first kappa shape index (κ1) is 9.45. The number of hydrogen-bond acceptors (Lipinski definition) is 4. The van der Waals surface area contributed by atoms with Gasteiger partial charge >= 0.3 is 5.97 Å². The first-order valence-corrected chi connectivity index (χ1v) is 3.32. The summed E-state index contributed by atoms with van der Waals surface area (Å²) < 4.78 is 0. The molecule has 0 aromatic rings. The highest BCUT2D eigenvalue weighted by Crippen LogP contribution is 1.90. The smallest absolute Gasteiger partial charge is 0.310 e. The van der Waals surface area contributed by atoms with Crippen LogP contribution in [0.2, 0.25) is 0 Å². The molecule has 0 heterocycles. The summed E-state index contributed by atoms with van der Waals surface area (Å²) >= 11 is 3.74. The molecule has 0 aliphatic carbocycles. The lowest BCUT2D eigenvalue weighted by molar-refractivity contribution is -0.140. The number of carboxylic acid groups (broad SMARTS) is 1. The van der Waals surface area contributed by atoms with Crippen LogP contribution in [-0.4, -0.2) is 28.7 Å². The fourth-order valence-electron chi connectivity index (χ4n) is 0.382. The van der Waals surface area contributed by atoms with Gasteiger partial charge in [-0.25, -0.2) is 0 Å². The van der Waals surface area contributed by atoms with Crippen LogP contribution in [-0.2, 0) is 9.59 Å². The lowest BCUT2D eigenvalue weighted by atomic mass is 10.2. The van der Waals surface area contributed by atoms with E-state index in [1.54, 1.807) is 0 Å². The molecule has 0 saturated heterocycles. The molecule has 0 aromatic heterocycles. The summed E-state index contributed by atoms with van der Waals surface area (Å²) in [5, 5.41) is 8.13. The van der Waals surface area contributed by atoms with E-state index in [1.807, 2.05) is 0 Å². The van der Waals surface area contributed by atoms with Gasteiger partial charge in [-0.2, -0.15) is 12.6 Å². The minimum absolute atomic E-state index is 0.187. The molecule has 4 nitrogen and oxygen atoms in total. The third kappa shape index (κ3) is 3.47. The van der Waals surface area contributed by atoms with Crippen molar-refractivity contribution in [2.75, 3.05) is 5.75 Å². The summed E-state index contributed by atoms with van der Waals surface area (Å²) in [5.74, 6) is -1.45. The molecule has 58 valence electrons. The molecule has 0 bridgehead atoms. The number of aliphatic carboxylic acids is 1. The number of hydrogen-bond donors (Lipinski definition) is 3. The summed E-state index contributed by atoms with van der Waals surface area (Å²) in [6.07, 6.45) is -0.512. The largest absolute Gasteiger partial charge is 0.481 e. The van der Waals surface area contributed by atoms with Gasteiger partial charge in [-0.15, -0.1) is 0 Å². The zero-order valence-corrected chi connectivity index (χ0v) is 6.17. The molecular formula is C5H9NO3S. The Hall–Kier alpha value is -0.550. The average molecular weight is 163 g/mol. The van der Waals surface area contributed by atoms with Gasteiger partial charge in [-0.05, 0) is 0 Å². The van der Waals surface area contributed by atoms with Crippen molar-refractivity contribution in [2.45, 2.75) is 12.5 Å². The first-order chi connectivity index (χ1) is 4.57. The SMILES string of the molecule is N[C@@H](CS)C(=O)CC(=O)O. The molecule has 0 aliphatic heterocycles. The average Bonchev–Trinajstić information content (AvgIpc) is 1.85. The summed E-state index contributed by atoms with van der Waals surface area (Å²) in [6, 6.07) is -0.751. The van der Waals surface area contributed by atoms with E-state index in [2.05, 4.69) is 12.6 Å². The van der Waals surface area contributed by atoms with Crippen molar-refractivity contribution in [1.82, 2.24) is 0 Å². The Morgan fingerprint density at radius 1 is 1.60 bits per heavy atom. The van der Waals surface area contributed by atoms with E-state index in [0.29, 0.717) is 0 Å². The lowest BCUT2D eigenvalue weighted by Gasteiger charge is -2.02. The number of thiol groups is 1. The van der Waals surface area contributed by atoms with Crippen LogP contribution in [0.1, 0.15) is 6.42 Å². The fraction of sp³-hybridized carbons (Fsp3) is 0.600. The number of Topliss-reactive ketones (excluding diaryl/α,β-unsaturated/α-hetero) is 1. The molecule has 5 heteroatoms. The maximum Gasteiger partial charge on any atom is 0.310 e. The van der Waals surface area contributed by atoms with Gasteiger partial charge in [-0.1, -0.05) is 0 Å². The standard InChI is InChI=1S/C5H9NO3S/c6-3(2-10)4(7)1-5(8)9/h3,10H,1-2,6H2,(H,8,9)/t3-/m0/s1. The number of nitrogens with two attached hydrogens (primary N) is 1. The highest BCUT2D eigenvalue weighted by Gasteiger charge is 2.14. The van der Waals surface area contributed by atoms with Gasteiger partial charge in [0.2, 0.25) is 0 Å². The summed E-state index contributed by atoms with van der Waals surface area (Å²) in [4.78, 5) is 20.6. The van der Waals surface area contributed by atoms with Crippen LogP contribution in [0.5, 0.6) is 0 Å². The van der Waals surface area contributed by atoms with Crippen molar-refractivity contribution in [2.24, 2.45) is 5.73 Å². The maximum atomic E-state index is 10.6. The van der Waals surface area contributed by atoms with Crippen LogP contribution in [0.25, 0.3) is 0 Å². The lowest BCUT2D eigenvalue weighted by Crippen LogP contribution is -2.33. The first-order valence-electron chi connectivity index (χ1n) is 2.69. The molecule has 0 radical (unpaired) electrons. The Labute approximate surface area is 63.8 Å². The summed E-state index contributed by atoms with van der Waals surface area (Å²) in [6.45, 7) is 0. The molecule has 0 aromatic carbocycles. The van der Waals surface area contributed by atoms with E-state index in [1.165, 1.54) is 0 Å². The molecule has 0 fully saturated rings. The second-order valence-corrected chi connectivity index (χ2v) is 2.19. The van der Waals surface area contributed by atoms with Gasteiger partial charge in [0.25, 0.3) is 0 Å². The second kappa shape index (κ2) is 4.29. The quantitative estimate of drug-likeness (QED) is 0.377. The Morgan fingerprint density at radius 3 is 2.40 bits per heavy atom. The summed E-state index contributed by atoms with van der Waals surface area (Å²) in [5.41, 5.74) is 5.18. The predicted octanol–water partition coefficient (Wildman–Crippen LogP) is -0.713. The van der Waals surface area contributed by atoms with Gasteiger partial charge < -0.3 is 10.8 Å². The number of carbonyl (C=O) groups is 2. The molecule has 10 heavy (non-hydrogen) atoms. The summed E-state index contributed by atoms with van der Waals surface area (Å²) in [7, 11) is 0. The second-order valence-electron chi connectivity index (χ2n) is 1.83. The van der Waals surface area contributed by atoms with E-state index in [4.69, 9.17) is 10.8 Å². The Bertz CT molecular complexity index is 148. The minimum atomic E-state index is -1.15. The molecule has 0 unspecified atom stereocenters. The Morgan fingerprint density at radius 2 is 2.10 bits per heavy atom. The van der Waals surface area contributed by atoms with Gasteiger partial charge in [0, 0.05) is 5.75 Å².